The third-order valence-electron chi connectivity index (χ3n) is 3.37. The van der Waals surface area contributed by atoms with E-state index in [1.807, 2.05) is 30.3 Å². The zero-order valence-corrected chi connectivity index (χ0v) is 12.3. The zero-order valence-electron chi connectivity index (χ0n) is 12.3. The quantitative estimate of drug-likeness (QED) is 0.902. The molecule has 1 N–H and O–H groups in total. The number of benzene rings is 1. The summed E-state index contributed by atoms with van der Waals surface area (Å²) in [6, 6.07) is 14.5. The van der Waals surface area contributed by atoms with E-state index < -0.39 is 6.10 Å². The molecule has 20 heavy (non-hydrogen) atoms. The van der Waals surface area contributed by atoms with Crippen molar-refractivity contribution in [1.29, 1.82) is 0 Å². The molecule has 0 saturated carbocycles. The SMILES string of the molecule is CC(O)c1ccnc(N(Cc2ccccc2)C(C)C)c1. The smallest absolute Gasteiger partial charge is 0.129 e. The van der Waals surface area contributed by atoms with Gasteiger partial charge in [-0.05, 0) is 44.0 Å². The van der Waals surface area contributed by atoms with Crippen molar-refractivity contribution in [3.8, 4) is 0 Å². The first-order chi connectivity index (χ1) is 9.58. The van der Waals surface area contributed by atoms with E-state index in [0.717, 1.165) is 17.9 Å². The van der Waals surface area contributed by atoms with Crippen molar-refractivity contribution >= 4 is 5.82 Å². The lowest BCUT2D eigenvalue weighted by Gasteiger charge is -2.28. The second-order valence-corrected chi connectivity index (χ2v) is 5.33. The van der Waals surface area contributed by atoms with E-state index >= 15 is 0 Å². The van der Waals surface area contributed by atoms with Gasteiger partial charge in [0.15, 0.2) is 0 Å². The Hall–Kier alpha value is -1.87. The molecule has 1 aromatic carbocycles. The van der Waals surface area contributed by atoms with Crippen molar-refractivity contribution in [2.24, 2.45) is 0 Å². The molecule has 0 fully saturated rings. The predicted octanol–water partition coefficient (Wildman–Crippen LogP) is 3.55. The molecule has 2 aromatic rings. The minimum Gasteiger partial charge on any atom is -0.389 e. The standard InChI is InChI=1S/C17H22N2O/c1-13(2)19(12-15-7-5-4-6-8-15)17-11-16(14(3)20)9-10-18-17/h4-11,13-14,20H,12H2,1-3H3. The van der Waals surface area contributed by atoms with Crippen LogP contribution in [0.2, 0.25) is 0 Å². The first-order valence-corrected chi connectivity index (χ1v) is 7.02. The number of rotatable bonds is 5. The number of hydrogen-bond acceptors (Lipinski definition) is 3. The number of anilines is 1. The van der Waals surface area contributed by atoms with Crippen molar-refractivity contribution in [3.63, 3.8) is 0 Å². The number of hydrogen-bond donors (Lipinski definition) is 1. The van der Waals surface area contributed by atoms with Crippen LogP contribution in [-0.4, -0.2) is 16.1 Å². The molecule has 0 spiro atoms. The molecule has 3 nitrogen and oxygen atoms in total. The maximum absolute atomic E-state index is 9.71. The van der Waals surface area contributed by atoms with Gasteiger partial charge in [0, 0.05) is 18.8 Å². The molecule has 0 aliphatic carbocycles. The van der Waals surface area contributed by atoms with Gasteiger partial charge < -0.3 is 10.0 Å². The normalized spacial score (nSPS) is 12.4. The van der Waals surface area contributed by atoms with Crippen LogP contribution in [0.5, 0.6) is 0 Å². The lowest BCUT2D eigenvalue weighted by molar-refractivity contribution is 0.199. The van der Waals surface area contributed by atoms with Gasteiger partial charge in [-0.1, -0.05) is 30.3 Å². The molecular weight excluding hydrogens is 248 g/mol. The van der Waals surface area contributed by atoms with Gasteiger partial charge in [0.1, 0.15) is 5.82 Å². The third-order valence-corrected chi connectivity index (χ3v) is 3.37. The summed E-state index contributed by atoms with van der Waals surface area (Å²) in [4.78, 5) is 6.69. The zero-order chi connectivity index (χ0) is 14.5. The van der Waals surface area contributed by atoms with Crippen LogP contribution in [0.4, 0.5) is 5.82 Å². The van der Waals surface area contributed by atoms with E-state index in [1.54, 1.807) is 13.1 Å². The summed E-state index contributed by atoms with van der Waals surface area (Å²) in [6.45, 7) is 6.89. The molecule has 0 amide bonds. The van der Waals surface area contributed by atoms with E-state index in [0.29, 0.717) is 6.04 Å². The summed E-state index contributed by atoms with van der Waals surface area (Å²) in [5.41, 5.74) is 2.15. The number of aromatic nitrogens is 1. The molecule has 1 heterocycles. The van der Waals surface area contributed by atoms with Crippen molar-refractivity contribution in [3.05, 3.63) is 59.8 Å². The highest BCUT2D eigenvalue weighted by atomic mass is 16.3. The minimum atomic E-state index is -0.470. The summed E-state index contributed by atoms with van der Waals surface area (Å²) >= 11 is 0. The highest BCUT2D eigenvalue weighted by Crippen LogP contribution is 2.21. The summed E-state index contributed by atoms with van der Waals surface area (Å²) in [6.07, 6.45) is 1.29. The maximum Gasteiger partial charge on any atom is 0.129 e. The predicted molar refractivity (Wildman–Crippen MR) is 82.6 cm³/mol. The highest BCUT2D eigenvalue weighted by molar-refractivity contribution is 5.43. The van der Waals surface area contributed by atoms with Crippen LogP contribution in [0.3, 0.4) is 0 Å². The Morgan fingerprint density at radius 3 is 2.40 bits per heavy atom. The average Bonchev–Trinajstić information content (AvgIpc) is 2.45. The summed E-state index contributed by atoms with van der Waals surface area (Å²) in [5.74, 6) is 0.905. The van der Waals surface area contributed by atoms with Gasteiger partial charge in [0.25, 0.3) is 0 Å². The van der Waals surface area contributed by atoms with Gasteiger partial charge in [-0.2, -0.15) is 0 Å². The van der Waals surface area contributed by atoms with Gasteiger partial charge in [0.05, 0.1) is 6.10 Å². The first kappa shape index (κ1) is 14.5. The summed E-state index contributed by atoms with van der Waals surface area (Å²) < 4.78 is 0. The van der Waals surface area contributed by atoms with Crippen LogP contribution in [0, 0.1) is 0 Å². The second kappa shape index (κ2) is 6.53. The largest absolute Gasteiger partial charge is 0.389 e. The Kier molecular flexibility index (Phi) is 4.74. The van der Waals surface area contributed by atoms with Gasteiger partial charge >= 0.3 is 0 Å². The number of aliphatic hydroxyl groups excluding tert-OH is 1. The Labute approximate surface area is 120 Å². The molecule has 0 aliphatic rings. The monoisotopic (exact) mass is 270 g/mol. The van der Waals surface area contributed by atoms with Crippen molar-refractivity contribution < 1.29 is 5.11 Å². The van der Waals surface area contributed by atoms with Crippen molar-refractivity contribution in [2.45, 2.75) is 39.5 Å². The average molecular weight is 270 g/mol. The van der Waals surface area contributed by atoms with E-state index in [4.69, 9.17) is 0 Å². The molecule has 106 valence electrons. The van der Waals surface area contributed by atoms with Gasteiger partial charge in [0.2, 0.25) is 0 Å². The van der Waals surface area contributed by atoms with E-state index in [1.165, 1.54) is 5.56 Å². The van der Waals surface area contributed by atoms with Crippen LogP contribution in [0.25, 0.3) is 0 Å². The van der Waals surface area contributed by atoms with Gasteiger partial charge in [-0.3, -0.25) is 0 Å². The maximum atomic E-state index is 9.71. The Bertz CT molecular complexity index is 538. The molecule has 2 rings (SSSR count). The van der Waals surface area contributed by atoms with E-state index in [-0.39, 0.29) is 0 Å². The fraction of sp³-hybridized carbons (Fsp3) is 0.353. The lowest BCUT2D eigenvalue weighted by Crippen LogP contribution is -2.31. The molecule has 1 unspecified atom stereocenters. The number of aliphatic hydroxyl groups is 1. The molecule has 1 atom stereocenters. The fourth-order valence-electron chi connectivity index (χ4n) is 2.16. The summed E-state index contributed by atoms with van der Waals surface area (Å²) in [7, 11) is 0. The molecule has 0 saturated heterocycles. The van der Waals surface area contributed by atoms with Crippen LogP contribution in [-0.2, 0) is 6.54 Å². The van der Waals surface area contributed by atoms with E-state index in [2.05, 4.69) is 35.9 Å². The minimum absolute atomic E-state index is 0.340. The molecule has 0 bridgehead atoms. The Balaban J connectivity index is 2.27. The van der Waals surface area contributed by atoms with Crippen LogP contribution < -0.4 is 4.90 Å². The second-order valence-electron chi connectivity index (χ2n) is 5.33. The molecule has 0 aliphatic heterocycles. The Morgan fingerprint density at radius 2 is 1.80 bits per heavy atom. The molecular formula is C17H22N2O. The number of pyridine rings is 1. The Morgan fingerprint density at radius 1 is 1.10 bits per heavy atom. The first-order valence-electron chi connectivity index (χ1n) is 7.02. The van der Waals surface area contributed by atoms with Crippen LogP contribution >= 0.6 is 0 Å². The number of nitrogens with zero attached hydrogens (tertiary/aromatic N) is 2. The summed E-state index contributed by atoms with van der Waals surface area (Å²) in [5, 5.41) is 9.71. The highest BCUT2D eigenvalue weighted by Gasteiger charge is 2.14. The molecule has 3 heteroatoms. The lowest BCUT2D eigenvalue weighted by atomic mass is 10.1. The van der Waals surface area contributed by atoms with Gasteiger partial charge in [-0.25, -0.2) is 4.98 Å². The van der Waals surface area contributed by atoms with Crippen LogP contribution in [0.1, 0.15) is 38.0 Å². The molecule has 0 radical (unpaired) electrons. The fourth-order valence-corrected chi connectivity index (χ4v) is 2.16. The van der Waals surface area contributed by atoms with Crippen LogP contribution in [0.15, 0.2) is 48.7 Å². The third kappa shape index (κ3) is 3.58. The van der Waals surface area contributed by atoms with E-state index in [9.17, 15) is 5.11 Å². The van der Waals surface area contributed by atoms with Crippen molar-refractivity contribution in [2.75, 3.05) is 4.90 Å². The van der Waals surface area contributed by atoms with Gasteiger partial charge in [-0.15, -0.1) is 0 Å². The van der Waals surface area contributed by atoms with Crippen molar-refractivity contribution in [1.82, 2.24) is 4.98 Å². The molecule has 1 aromatic heterocycles. The topological polar surface area (TPSA) is 36.4 Å².